The third kappa shape index (κ3) is 3.84. The van der Waals surface area contributed by atoms with Crippen molar-refractivity contribution in [3.05, 3.63) is 17.0 Å². The highest BCUT2D eigenvalue weighted by Gasteiger charge is 2.29. The van der Waals surface area contributed by atoms with Crippen LogP contribution in [0.5, 0.6) is 0 Å². The van der Waals surface area contributed by atoms with Crippen LogP contribution < -0.4 is 5.32 Å². The number of nitrogens with one attached hydrogen (secondary N) is 1. The fourth-order valence-corrected chi connectivity index (χ4v) is 5.62. The minimum Gasteiger partial charge on any atom is -0.315 e. The number of hydrogen-bond acceptors (Lipinski definition) is 5. The van der Waals surface area contributed by atoms with Crippen molar-refractivity contribution >= 4 is 21.4 Å². The molecule has 0 aromatic carbocycles. The first-order chi connectivity index (χ1) is 9.98. The minimum atomic E-state index is -3.36. The summed E-state index contributed by atoms with van der Waals surface area (Å²) in [6.45, 7) is 5.49. The summed E-state index contributed by atoms with van der Waals surface area (Å²) in [6, 6.07) is 3.96. The summed E-state index contributed by atoms with van der Waals surface area (Å²) in [7, 11) is 0.196. The van der Waals surface area contributed by atoms with Crippen molar-refractivity contribution in [3.63, 3.8) is 0 Å². The Kier molecular flexibility index (Phi) is 5.79. The molecule has 1 aliphatic rings. The normalized spacial score (nSPS) is 20.5. The summed E-state index contributed by atoms with van der Waals surface area (Å²) in [5.74, 6) is 0. The zero-order valence-electron chi connectivity index (χ0n) is 13.0. The Bertz CT molecular complexity index is 556. The predicted octanol–water partition coefficient (Wildman–Crippen LogP) is 1.57. The van der Waals surface area contributed by atoms with E-state index < -0.39 is 10.0 Å². The van der Waals surface area contributed by atoms with Gasteiger partial charge in [-0.1, -0.05) is 6.92 Å². The highest BCUT2D eigenvalue weighted by Crippen LogP contribution is 2.26. The van der Waals surface area contributed by atoms with Gasteiger partial charge in [-0.25, -0.2) is 8.42 Å². The Labute approximate surface area is 132 Å². The van der Waals surface area contributed by atoms with Gasteiger partial charge in [0.1, 0.15) is 4.21 Å². The van der Waals surface area contributed by atoms with Crippen molar-refractivity contribution < 1.29 is 8.42 Å². The van der Waals surface area contributed by atoms with E-state index in [2.05, 4.69) is 17.1 Å². The van der Waals surface area contributed by atoms with E-state index >= 15 is 0 Å². The first-order valence-corrected chi connectivity index (χ1v) is 9.68. The molecule has 1 saturated heterocycles. The number of nitrogens with zero attached hydrogens (tertiary/aromatic N) is 2. The molecular weight excluding hydrogens is 306 g/mol. The molecular formula is C14H25N3O2S2. The third-order valence-electron chi connectivity index (χ3n) is 4.03. The maximum absolute atomic E-state index is 12.6. The Balaban J connectivity index is 2.07. The zero-order chi connectivity index (χ0) is 15.5. The quantitative estimate of drug-likeness (QED) is 0.824. The van der Waals surface area contributed by atoms with Crippen LogP contribution >= 0.6 is 11.3 Å². The fourth-order valence-electron chi connectivity index (χ4n) is 2.83. The Hall–Kier alpha value is -0.470. The van der Waals surface area contributed by atoms with E-state index in [-0.39, 0.29) is 0 Å². The van der Waals surface area contributed by atoms with Crippen molar-refractivity contribution in [2.75, 3.05) is 33.7 Å². The molecule has 21 heavy (non-hydrogen) atoms. The third-order valence-corrected chi connectivity index (χ3v) is 7.40. The van der Waals surface area contributed by atoms with Crippen LogP contribution in [0, 0.1) is 0 Å². The Morgan fingerprint density at radius 1 is 1.48 bits per heavy atom. The van der Waals surface area contributed by atoms with E-state index in [4.69, 9.17) is 0 Å². The summed E-state index contributed by atoms with van der Waals surface area (Å²) in [5.41, 5.74) is 0. The molecule has 120 valence electrons. The van der Waals surface area contributed by atoms with Crippen LogP contribution in [0.15, 0.2) is 16.3 Å². The van der Waals surface area contributed by atoms with Crippen molar-refractivity contribution in [1.82, 2.24) is 14.5 Å². The SMILES string of the molecule is CCN1CCCC1CN(C)S(=O)(=O)c1ccc(CNC)s1. The first kappa shape index (κ1) is 16.9. The molecule has 1 aromatic rings. The molecule has 1 aromatic heterocycles. The van der Waals surface area contributed by atoms with E-state index in [0.717, 1.165) is 30.8 Å². The molecule has 2 rings (SSSR count). The number of likely N-dealkylation sites (tertiary alicyclic amines) is 1. The van der Waals surface area contributed by atoms with Gasteiger partial charge in [-0.05, 0) is 45.1 Å². The molecule has 0 bridgehead atoms. The largest absolute Gasteiger partial charge is 0.315 e. The molecule has 0 radical (unpaired) electrons. The Morgan fingerprint density at radius 2 is 2.24 bits per heavy atom. The second kappa shape index (κ2) is 7.19. The molecule has 0 aliphatic carbocycles. The summed E-state index contributed by atoms with van der Waals surface area (Å²) in [4.78, 5) is 3.41. The minimum absolute atomic E-state index is 0.353. The molecule has 1 fully saturated rings. The maximum Gasteiger partial charge on any atom is 0.252 e. The number of likely N-dealkylation sites (N-methyl/N-ethyl adjacent to an activating group) is 2. The summed E-state index contributed by atoms with van der Waals surface area (Å²) < 4.78 is 27.2. The average molecular weight is 332 g/mol. The molecule has 1 N–H and O–H groups in total. The van der Waals surface area contributed by atoms with Gasteiger partial charge in [-0.2, -0.15) is 4.31 Å². The molecule has 5 nitrogen and oxygen atoms in total. The van der Waals surface area contributed by atoms with Gasteiger partial charge >= 0.3 is 0 Å². The lowest BCUT2D eigenvalue weighted by Crippen LogP contribution is -2.40. The standard InChI is InChI=1S/C14H25N3O2S2/c1-4-17-9-5-6-12(17)11-16(3)21(18,19)14-8-7-13(20-14)10-15-2/h7-8,12,15H,4-6,9-11H2,1-3H3. The van der Waals surface area contributed by atoms with E-state index in [1.54, 1.807) is 13.1 Å². The predicted molar refractivity (Wildman–Crippen MR) is 87.2 cm³/mol. The van der Waals surface area contributed by atoms with Crippen LogP contribution in [0.25, 0.3) is 0 Å². The van der Waals surface area contributed by atoms with Crippen molar-refractivity contribution in [3.8, 4) is 0 Å². The molecule has 7 heteroatoms. The van der Waals surface area contributed by atoms with E-state index in [0.29, 0.717) is 23.3 Å². The number of thiophene rings is 1. The van der Waals surface area contributed by atoms with Crippen LogP contribution in [0.4, 0.5) is 0 Å². The topological polar surface area (TPSA) is 52.7 Å². The molecule has 0 amide bonds. The van der Waals surface area contributed by atoms with Crippen LogP contribution in [-0.2, 0) is 16.6 Å². The van der Waals surface area contributed by atoms with Gasteiger partial charge in [-0.3, -0.25) is 4.90 Å². The lowest BCUT2D eigenvalue weighted by molar-refractivity contribution is 0.238. The van der Waals surface area contributed by atoms with Crippen LogP contribution in [0.2, 0.25) is 0 Å². The summed E-state index contributed by atoms with van der Waals surface area (Å²) in [5, 5.41) is 3.05. The van der Waals surface area contributed by atoms with E-state index in [1.807, 2.05) is 13.1 Å². The molecule has 1 atom stereocenters. The van der Waals surface area contributed by atoms with Crippen LogP contribution in [0.3, 0.4) is 0 Å². The van der Waals surface area contributed by atoms with Crippen LogP contribution in [0.1, 0.15) is 24.6 Å². The highest BCUT2D eigenvalue weighted by atomic mass is 32.2. The average Bonchev–Trinajstić information content (AvgIpc) is 3.08. The molecule has 2 heterocycles. The van der Waals surface area contributed by atoms with Gasteiger partial charge in [0.2, 0.25) is 0 Å². The molecule has 0 saturated carbocycles. The second-order valence-corrected chi connectivity index (χ2v) is 8.90. The summed E-state index contributed by atoms with van der Waals surface area (Å²) in [6.07, 6.45) is 2.25. The smallest absolute Gasteiger partial charge is 0.252 e. The van der Waals surface area contributed by atoms with Crippen molar-refractivity contribution in [1.29, 1.82) is 0 Å². The van der Waals surface area contributed by atoms with Gasteiger partial charge in [0.15, 0.2) is 0 Å². The number of hydrogen-bond donors (Lipinski definition) is 1. The number of rotatable bonds is 7. The lowest BCUT2D eigenvalue weighted by atomic mass is 10.2. The van der Waals surface area contributed by atoms with Gasteiger partial charge in [0.05, 0.1) is 0 Å². The van der Waals surface area contributed by atoms with E-state index in [9.17, 15) is 8.42 Å². The van der Waals surface area contributed by atoms with Crippen molar-refractivity contribution in [2.45, 2.75) is 36.6 Å². The maximum atomic E-state index is 12.6. The molecule has 0 spiro atoms. The summed E-state index contributed by atoms with van der Waals surface area (Å²) >= 11 is 1.35. The fraction of sp³-hybridized carbons (Fsp3) is 0.714. The van der Waals surface area contributed by atoms with Gasteiger partial charge in [0, 0.05) is 31.1 Å². The number of sulfonamides is 1. The van der Waals surface area contributed by atoms with Crippen molar-refractivity contribution in [2.24, 2.45) is 0 Å². The lowest BCUT2D eigenvalue weighted by Gasteiger charge is -2.27. The molecule has 1 aliphatic heterocycles. The highest BCUT2D eigenvalue weighted by molar-refractivity contribution is 7.91. The van der Waals surface area contributed by atoms with E-state index in [1.165, 1.54) is 15.6 Å². The van der Waals surface area contributed by atoms with Gasteiger partial charge in [-0.15, -0.1) is 11.3 Å². The molecule has 1 unspecified atom stereocenters. The monoisotopic (exact) mass is 331 g/mol. The Morgan fingerprint density at radius 3 is 2.90 bits per heavy atom. The zero-order valence-corrected chi connectivity index (χ0v) is 14.6. The van der Waals surface area contributed by atoms with Gasteiger partial charge in [0.25, 0.3) is 10.0 Å². The first-order valence-electron chi connectivity index (χ1n) is 7.42. The van der Waals surface area contributed by atoms with Crippen LogP contribution in [-0.4, -0.2) is 57.4 Å². The second-order valence-electron chi connectivity index (χ2n) is 5.46. The van der Waals surface area contributed by atoms with Gasteiger partial charge < -0.3 is 5.32 Å².